The van der Waals surface area contributed by atoms with Crippen molar-refractivity contribution in [3.8, 4) is 11.5 Å². The van der Waals surface area contributed by atoms with Crippen LogP contribution in [0.5, 0.6) is 11.5 Å². The minimum absolute atomic E-state index is 0.0145. The molecule has 0 unspecified atom stereocenters. The van der Waals surface area contributed by atoms with E-state index < -0.39 is 30.3 Å². The molecule has 1 N–H and O–H groups in total. The maximum absolute atomic E-state index is 12.7. The van der Waals surface area contributed by atoms with Crippen LogP contribution in [0.1, 0.15) is 42.4 Å². The Hall–Kier alpha value is -4.60. The van der Waals surface area contributed by atoms with Crippen molar-refractivity contribution in [2.24, 2.45) is 0 Å². The molecule has 3 aromatic rings. The summed E-state index contributed by atoms with van der Waals surface area (Å²) in [5, 5.41) is 2.65. The molecule has 0 radical (unpaired) electrons. The maximum Gasteiger partial charge on any atom is 0.338 e. The van der Waals surface area contributed by atoms with E-state index in [0.717, 1.165) is 10.5 Å². The van der Waals surface area contributed by atoms with Gasteiger partial charge in [0.25, 0.3) is 17.7 Å². The smallest absolute Gasteiger partial charge is 0.338 e. The first-order chi connectivity index (χ1) is 16.9. The van der Waals surface area contributed by atoms with Crippen LogP contribution >= 0.6 is 0 Å². The third-order valence-electron chi connectivity index (χ3n) is 5.37. The predicted molar refractivity (Wildman–Crippen MR) is 121 cm³/mol. The molecule has 1 aliphatic heterocycles. The summed E-state index contributed by atoms with van der Waals surface area (Å²) in [5.41, 5.74) is 1.10. The van der Waals surface area contributed by atoms with E-state index in [-0.39, 0.29) is 29.8 Å². The molecule has 1 aliphatic rings. The Labute approximate surface area is 200 Å². The first-order valence-electron chi connectivity index (χ1n) is 10.6. The third kappa shape index (κ3) is 5.01. The zero-order chi connectivity index (χ0) is 24.9. The molecule has 0 fully saturated rings. The van der Waals surface area contributed by atoms with Crippen LogP contribution in [-0.2, 0) is 22.6 Å². The van der Waals surface area contributed by atoms with Crippen molar-refractivity contribution in [3.05, 3.63) is 82.8 Å². The van der Waals surface area contributed by atoms with Crippen LogP contribution in [0.25, 0.3) is 0 Å². The van der Waals surface area contributed by atoms with Gasteiger partial charge in [-0.3, -0.25) is 19.3 Å². The second-order valence-electron chi connectivity index (χ2n) is 7.58. The number of imide groups is 1. The molecule has 0 bridgehead atoms. The van der Waals surface area contributed by atoms with Gasteiger partial charge in [-0.2, -0.15) is 0 Å². The van der Waals surface area contributed by atoms with Gasteiger partial charge in [0.2, 0.25) is 0 Å². The highest BCUT2D eigenvalue weighted by Gasteiger charge is 2.36. The lowest BCUT2D eigenvalue weighted by Crippen LogP contribution is -2.29. The second kappa shape index (κ2) is 10.1. The van der Waals surface area contributed by atoms with Crippen molar-refractivity contribution in [1.82, 2.24) is 10.2 Å². The highest BCUT2D eigenvalue weighted by atomic mass is 16.5. The Morgan fingerprint density at radius 1 is 0.943 bits per heavy atom. The van der Waals surface area contributed by atoms with E-state index in [0.29, 0.717) is 17.3 Å². The first kappa shape index (κ1) is 23.6. The van der Waals surface area contributed by atoms with E-state index in [1.807, 2.05) is 0 Å². The number of benzene rings is 2. The topological polar surface area (TPSA) is 124 Å². The number of nitrogens with one attached hydrogen (secondary N) is 1. The van der Waals surface area contributed by atoms with Crippen molar-refractivity contribution >= 4 is 23.7 Å². The van der Waals surface area contributed by atoms with Crippen molar-refractivity contribution in [2.45, 2.75) is 13.1 Å². The monoisotopic (exact) mass is 478 g/mol. The lowest BCUT2D eigenvalue weighted by Gasteiger charge is -2.11. The van der Waals surface area contributed by atoms with E-state index in [2.05, 4.69) is 5.32 Å². The summed E-state index contributed by atoms with van der Waals surface area (Å²) < 4.78 is 20.7. The lowest BCUT2D eigenvalue weighted by atomic mass is 10.1. The number of hydrogen-bond acceptors (Lipinski definition) is 8. The largest absolute Gasteiger partial charge is 0.493 e. The number of fused-ring (bicyclic) bond motifs is 1. The van der Waals surface area contributed by atoms with Gasteiger partial charge in [0.15, 0.2) is 18.1 Å². The number of nitrogens with zero attached hydrogens (tertiary/aromatic N) is 1. The molecule has 0 saturated carbocycles. The maximum atomic E-state index is 12.7. The molecule has 3 amide bonds. The molecular formula is C25H22N2O8. The van der Waals surface area contributed by atoms with E-state index in [1.54, 1.807) is 30.3 Å². The molecule has 10 nitrogen and oxygen atoms in total. The Kier molecular flexibility index (Phi) is 6.81. The van der Waals surface area contributed by atoms with Crippen LogP contribution in [0, 0.1) is 0 Å². The van der Waals surface area contributed by atoms with Crippen molar-refractivity contribution in [3.63, 3.8) is 0 Å². The molecule has 1 aromatic heterocycles. The standard InChI is InChI=1S/C25H22N2O8/c1-32-20-8-5-15(10-21(20)33-2)12-26-22(28)14-35-25(31)16-6-7-18-19(11-16)24(30)27(23(18)29)13-17-4-3-9-34-17/h3-11H,12-14H2,1-2H3,(H,26,28). The van der Waals surface area contributed by atoms with Gasteiger partial charge in [-0.25, -0.2) is 4.79 Å². The average Bonchev–Trinajstić information content (AvgIpc) is 3.48. The van der Waals surface area contributed by atoms with Crippen molar-refractivity contribution in [2.75, 3.05) is 20.8 Å². The Morgan fingerprint density at radius 3 is 2.43 bits per heavy atom. The zero-order valence-corrected chi connectivity index (χ0v) is 19.0. The predicted octanol–water partition coefficient (Wildman–Crippen LogP) is 2.57. The Bertz CT molecular complexity index is 1280. The van der Waals surface area contributed by atoms with E-state index in [1.165, 1.54) is 38.7 Å². The molecule has 0 saturated heterocycles. The van der Waals surface area contributed by atoms with Crippen LogP contribution < -0.4 is 14.8 Å². The summed E-state index contributed by atoms with van der Waals surface area (Å²) in [6, 6.07) is 12.6. The first-order valence-corrected chi connectivity index (χ1v) is 10.6. The molecular weight excluding hydrogens is 456 g/mol. The molecule has 0 atom stereocenters. The van der Waals surface area contributed by atoms with Crippen LogP contribution in [-0.4, -0.2) is 49.4 Å². The summed E-state index contributed by atoms with van der Waals surface area (Å²) in [5.74, 6) is -0.769. The average molecular weight is 478 g/mol. The summed E-state index contributed by atoms with van der Waals surface area (Å²) in [7, 11) is 3.04. The van der Waals surface area contributed by atoms with Gasteiger partial charge in [-0.05, 0) is 48.0 Å². The van der Waals surface area contributed by atoms with Gasteiger partial charge in [-0.15, -0.1) is 0 Å². The SMILES string of the molecule is COc1ccc(CNC(=O)COC(=O)c2ccc3c(c2)C(=O)N(Cc2ccco2)C3=O)cc1OC. The molecule has 180 valence electrons. The van der Waals surface area contributed by atoms with Crippen LogP contribution in [0.2, 0.25) is 0 Å². The van der Waals surface area contributed by atoms with Gasteiger partial charge in [0, 0.05) is 6.54 Å². The highest BCUT2D eigenvalue weighted by molar-refractivity contribution is 6.21. The van der Waals surface area contributed by atoms with E-state index >= 15 is 0 Å². The summed E-state index contributed by atoms with van der Waals surface area (Å²) in [6.07, 6.45) is 1.45. The lowest BCUT2D eigenvalue weighted by molar-refractivity contribution is -0.124. The van der Waals surface area contributed by atoms with Crippen molar-refractivity contribution < 1.29 is 37.8 Å². The number of ether oxygens (including phenoxy) is 3. The molecule has 0 aliphatic carbocycles. The molecule has 10 heteroatoms. The van der Waals surface area contributed by atoms with Crippen LogP contribution in [0.4, 0.5) is 0 Å². The summed E-state index contributed by atoms with van der Waals surface area (Å²) in [6.45, 7) is -0.336. The number of rotatable bonds is 9. The fourth-order valence-corrected chi connectivity index (χ4v) is 3.58. The molecule has 0 spiro atoms. The third-order valence-corrected chi connectivity index (χ3v) is 5.37. The fraction of sp³-hybridized carbons (Fsp3) is 0.200. The quantitative estimate of drug-likeness (QED) is 0.368. The number of esters is 1. The van der Waals surface area contributed by atoms with Crippen LogP contribution in [0.15, 0.2) is 59.2 Å². The molecule has 35 heavy (non-hydrogen) atoms. The van der Waals surface area contributed by atoms with Gasteiger partial charge >= 0.3 is 5.97 Å². The molecule has 2 aromatic carbocycles. The minimum Gasteiger partial charge on any atom is -0.493 e. The number of furan rings is 1. The molecule has 2 heterocycles. The fourth-order valence-electron chi connectivity index (χ4n) is 3.58. The van der Waals surface area contributed by atoms with Gasteiger partial charge in [0.05, 0.1) is 43.7 Å². The minimum atomic E-state index is -0.793. The summed E-state index contributed by atoms with van der Waals surface area (Å²) >= 11 is 0. The van der Waals surface area contributed by atoms with E-state index in [4.69, 9.17) is 18.6 Å². The number of hydrogen-bond donors (Lipinski definition) is 1. The second-order valence-corrected chi connectivity index (χ2v) is 7.58. The molecule has 4 rings (SSSR count). The Balaban J connectivity index is 1.33. The van der Waals surface area contributed by atoms with Crippen molar-refractivity contribution in [1.29, 1.82) is 0 Å². The number of carbonyl (C=O) groups is 4. The van der Waals surface area contributed by atoms with Gasteiger partial charge in [0.1, 0.15) is 5.76 Å². The zero-order valence-electron chi connectivity index (χ0n) is 19.0. The summed E-state index contributed by atoms with van der Waals surface area (Å²) in [4.78, 5) is 50.9. The normalized spacial score (nSPS) is 12.3. The number of carbonyl (C=O) groups excluding carboxylic acids is 4. The van der Waals surface area contributed by atoms with E-state index in [9.17, 15) is 19.2 Å². The Morgan fingerprint density at radius 2 is 1.71 bits per heavy atom. The highest BCUT2D eigenvalue weighted by Crippen LogP contribution is 2.28. The van der Waals surface area contributed by atoms with Crippen LogP contribution in [0.3, 0.4) is 0 Å². The number of amides is 3. The van der Waals surface area contributed by atoms with Gasteiger partial charge < -0.3 is 23.9 Å². The van der Waals surface area contributed by atoms with Gasteiger partial charge in [-0.1, -0.05) is 6.07 Å². The number of methoxy groups -OCH3 is 2.